The molecule has 5 nitrogen and oxygen atoms in total. The van der Waals surface area contributed by atoms with Crippen molar-refractivity contribution in [1.82, 2.24) is 0 Å². The van der Waals surface area contributed by atoms with Crippen LogP contribution in [0.15, 0.2) is 18.2 Å². The third-order valence-corrected chi connectivity index (χ3v) is 1.97. The highest BCUT2D eigenvalue weighted by molar-refractivity contribution is 5.94. The van der Waals surface area contributed by atoms with E-state index in [0.717, 1.165) is 6.07 Å². The van der Waals surface area contributed by atoms with Crippen LogP contribution in [-0.4, -0.2) is 24.1 Å². The van der Waals surface area contributed by atoms with Gasteiger partial charge in [-0.1, -0.05) is 6.07 Å². The second-order valence-electron chi connectivity index (χ2n) is 4.79. The van der Waals surface area contributed by atoms with Gasteiger partial charge in [-0.2, -0.15) is 0 Å². The van der Waals surface area contributed by atoms with Crippen LogP contribution in [0.2, 0.25) is 0 Å². The summed E-state index contributed by atoms with van der Waals surface area (Å²) in [6, 6.07) is 3.71. The van der Waals surface area contributed by atoms with E-state index >= 15 is 0 Å². The molecule has 0 aromatic heterocycles. The van der Waals surface area contributed by atoms with E-state index in [1.54, 1.807) is 20.8 Å². The molecule has 0 fully saturated rings. The number of esters is 2. The summed E-state index contributed by atoms with van der Waals surface area (Å²) in [7, 11) is 0. The fourth-order valence-electron chi connectivity index (χ4n) is 1.28. The molecule has 0 bridgehead atoms. The summed E-state index contributed by atoms with van der Waals surface area (Å²) in [4.78, 5) is 23.0. The van der Waals surface area contributed by atoms with Crippen LogP contribution in [0.25, 0.3) is 0 Å². The van der Waals surface area contributed by atoms with Crippen LogP contribution in [0, 0.1) is 5.82 Å². The van der Waals surface area contributed by atoms with E-state index in [-0.39, 0.29) is 12.3 Å². The lowest BCUT2D eigenvalue weighted by atomic mass is 10.1. The van der Waals surface area contributed by atoms with Gasteiger partial charge in [0.25, 0.3) is 0 Å². The molecule has 0 heterocycles. The van der Waals surface area contributed by atoms with Gasteiger partial charge < -0.3 is 15.2 Å². The Morgan fingerprint density at radius 1 is 1.32 bits per heavy atom. The summed E-state index contributed by atoms with van der Waals surface area (Å²) in [6.45, 7) is 4.58. The molecule has 0 unspecified atom stereocenters. The summed E-state index contributed by atoms with van der Waals surface area (Å²) < 4.78 is 23.6. The molecule has 0 radical (unpaired) electrons. The lowest BCUT2D eigenvalue weighted by Crippen LogP contribution is -2.26. The summed E-state index contributed by atoms with van der Waals surface area (Å²) in [5.41, 5.74) is 3.90. The second-order valence-corrected chi connectivity index (χ2v) is 4.79. The minimum absolute atomic E-state index is 0.204. The first kappa shape index (κ1) is 15.1. The van der Waals surface area contributed by atoms with Gasteiger partial charge in [-0.15, -0.1) is 0 Å². The maximum atomic E-state index is 13.7. The van der Waals surface area contributed by atoms with Crippen LogP contribution in [0.3, 0.4) is 0 Å². The Hall–Kier alpha value is -1.95. The van der Waals surface area contributed by atoms with Crippen molar-refractivity contribution in [3.05, 3.63) is 29.6 Å². The number of hydrogen-bond donors (Lipinski definition) is 1. The van der Waals surface area contributed by atoms with Crippen molar-refractivity contribution in [2.75, 3.05) is 6.54 Å². The molecule has 0 spiro atoms. The molecule has 104 valence electrons. The van der Waals surface area contributed by atoms with Crippen molar-refractivity contribution in [2.24, 2.45) is 5.73 Å². The Kier molecular flexibility index (Phi) is 4.61. The number of carbonyl (C=O) groups excluding carboxylic acids is 2. The lowest BCUT2D eigenvalue weighted by Gasteiger charge is -2.20. The quantitative estimate of drug-likeness (QED) is 0.666. The number of ether oxygens (including phenoxy) is 2. The van der Waals surface area contributed by atoms with Crippen LogP contribution in [-0.2, 0) is 9.53 Å². The molecule has 0 aliphatic carbocycles. The third kappa shape index (κ3) is 4.33. The number of nitrogens with two attached hydrogens (primary N) is 1. The maximum absolute atomic E-state index is 13.7. The topological polar surface area (TPSA) is 78.6 Å². The van der Waals surface area contributed by atoms with E-state index in [4.69, 9.17) is 15.2 Å². The predicted octanol–water partition coefficient (Wildman–Crippen LogP) is 1.65. The van der Waals surface area contributed by atoms with Gasteiger partial charge >= 0.3 is 11.9 Å². The van der Waals surface area contributed by atoms with Crippen molar-refractivity contribution in [2.45, 2.75) is 26.4 Å². The Morgan fingerprint density at radius 3 is 2.47 bits per heavy atom. The maximum Gasteiger partial charge on any atom is 0.345 e. The fourth-order valence-corrected chi connectivity index (χ4v) is 1.28. The molecule has 19 heavy (non-hydrogen) atoms. The average Bonchev–Trinajstić information content (AvgIpc) is 2.26. The minimum Gasteiger partial charge on any atom is -0.456 e. The van der Waals surface area contributed by atoms with Crippen molar-refractivity contribution < 1.29 is 23.5 Å². The Morgan fingerprint density at radius 2 is 1.95 bits per heavy atom. The highest BCUT2D eigenvalue weighted by Crippen LogP contribution is 2.24. The molecule has 0 saturated carbocycles. The van der Waals surface area contributed by atoms with E-state index in [0.29, 0.717) is 0 Å². The van der Waals surface area contributed by atoms with Gasteiger partial charge in [-0.25, -0.2) is 9.18 Å². The smallest absolute Gasteiger partial charge is 0.345 e. The van der Waals surface area contributed by atoms with Crippen LogP contribution >= 0.6 is 0 Å². The highest BCUT2D eigenvalue weighted by Gasteiger charge is 2.25. The normalized spacial score (nSPS) is 11.0. The molecule has 1 rings (SSSR count). The van der Waals surface area contributed by atoms with Crippen molar-refractivity contribution in [3.8, 4) is 5.75 Å². The number of hydrogen-bond acceptors (Lipinski definition) is 5. The van der Waals surface area contributed by atoms with Gasteiger partial charge in [0.1, 0.15) is 22.7 Å². The zero-order valence-electron chi connectivity index (χ0n) is 11.0. The van der Waals surface area contributed by atoms with Crippen molar-refractivity contribution in [3.63, 3.8) is 0 Å². The van der Waals surface area contributed by atoms with E-state index < -0.39 is 28.9 Å². The molecule has 1 aromatic rings. The van der Waals surface area contributed by atoms with Gasteiger partial charge in [-0.05, 0) is 32.9 Å². The summed E-state index contributed by atoms with van der Waals surface area (Å²) in [5.74, 6) is -2.69. The molecule has 1 aromatic carbocycles. The lowest BCUT2D eigenvalue weighted by molar-refractivity contribution is -0.132. The van der Waals surface area contributed by atoms with E-state index in [1.807, 2.05) is 0 Å². The molecular weight excluding hydrogens is 253 g/mol. The van der Waals surface area contributed by atoms with Crippen molar-refractivity contribution in [1.29, 1.82) is 0 Å². The number of rotatable bonds is 3. The molecule has 6 heteroatoms. The highest BCUT2D eigenvalue weighted by atomic mass is 19.1. The molecule has 0 atom stereocenters. The standard InChI is InChI=1S/C13H16FNO4/c1-13(2,3)19-12(17)11-8(14)5-4-6-9(11)18-10(16)7-15/h4-6H,7,15H2,1-3H3. The third-order valence-electron chi connectivity index (χ3n) is 1.97. The first-order valence-corrected chi connectivity index (χ1v) is 5.67. The van der Waals surface area contributed by atoms with Gasteiger partial charge in [0.2, 0.25) is 0 Å². The number of benzene rings is 1. The first-order chi connectivity index (χ1) is 8.74. The zero-order valence-corrected chi connectivity index (χ0v) is 11.0. The van der Waals surface area contributed by atoms with Crippen LogP contribution in [0.5, 0.6) is 5.75 Å². The van der Waals surface area contributed by atoms with E-state index in [1.165, 1.54) is 12.1 Å². The SMILES string of the molecule is CC(C)(C)OC(=O)c1c(F)cccc1OC(=O)CN. The largest absolute Gasteiger partial charge is 0.456 e. The van der Waals surface area contributed by atoms with E-state index in [2.05, 4.69) is 0 Å². The van der Waals surface area contributed by atoms with Gasteiger partial charge in [0.05, 0.1) is 6.54 Å². The summed E-state index contributed by atoms with van der Waals surface area (Å²) in [6.07, 6.45) is 0. The predicted molar refractivity (Wildman–Crippen MR) is 66.3 cm³/mol. The molecule has 0 aliphatic heterocycles. The summed E-state index contributed by atoms with van der Waals surface area (Å²) >= 11 is 0. The number of halogens is 1. The Balaban J connectivity index is 3.11. The van der Waals surface area contributed by atoms with Crippen LogP contribution in [0.1, 0.15) is 31.1 Å². The molecule has 0 aliphatic rings. The average molecular weight is 269 g/mol. The second kappa shape index (κ2) is 5.79. The van der Waals surface area contributed by atoms with Gasteiger partial charge in [0, 0.05) is 0 Å². The van der Waals surface area contributed by atoms with Crippen molar-refractivity contribution >= 4 is 11.9 Å². The molecule has 0 saturated heterocycles. The first-order valence-electron chi connectivity index (χ1n) is 5.67. The monoisotopic (exact) mass is 269 g/mol. The van der Waals surface area contributed by atoms with E-state index in [9.17, 15) is 14.0 Å². The molecular formula is C13H16FNO4. The van der Waals surface area contributed by atoms with Gasteiger partial charge in [-0.3, -0.25) is 4.79 Å². The fraction of sp³-hybridized carbons (Fsp3) is 0.385. The van der Waals surface area contributed by atoms with Crippen LogP contribution in [0.4, 0.5) is 4.39 Å². The molecule has 0 amide bonds. The Bertz CT molecular complexity index is 494. The zero-order chi connectivity index (χ0) is 14.6. The number of carbonyl (C=O) groups is 2. The molecule has 2 N–H and O–H groups in total. The minimum atomic E-state index is -0.898. The Labute approximate surface area is 110 Å². The van der Waals surface area contributed by atoms with Gasteiger partial charge in [0.15, 0.2) is 0 Å². The van der Waals surface area contributed by atoms with Crippen LogP contribution < -0.4 is 10.5 Å². The summed E-state index contributed by atoms with van der Waals surface area (Å²) in [5, 5.41) is 0.